The number of carbonyl (C=O) groups is 1. The molecular weight excluding hydrogens is 492 g/mol. The average molecular weight is 527 g/mol. The van der Waals surface area contributed by atoms with Crippen LogP contribution in [0.3, 0.4) is 0 Å². The van der Waals surface area contributed by atoms with E-state index in [0.29, 0.717) is 6.42 Å². The molecule has 0 aliphatic carbocycles. The summed E-state index contributed by atoms with van der Waals surface area (Å²) in [6, 6.07) is 21.6. The van der Waals surface area contributed by atoms with E-state index in [2.05, 4.69) is 38.3 Å². The van der Waals surface area contributed by atoms with E-state index in [1.54, 1.807) is 14.2 Å². The Morgan fingerprint density at radius 3 is 2.46 bits per heavy atom. The van der Waals surface area contributed by atoms with E-state index in [-0.39, 0.29) is 6.04 Å². The second-order valence-corrected chi connectivity index (χ2v) is 10.3. The summed E-state index contributed by atoms with van der Waals surface area (Å²) in [5, 5.41) is 14.4. The molecule has 3 heterocycles. The summed E-state index contributed by atoms with van der Waals surface area (Å²) in [7, 11) is 3.42. The number of aromatic amines is 1. The third-order valence-corrected chi connectivity index (χ3v) is 8.04. The predicted octanol–water partition coefficient (Wildman–Crippen LogP) is 4.20. The maximum Gasteiger partial charge on any atom is 0.321 e. The van der Waals surface area contributed by atoms with Crippen molar-refractivity contribution >= 4 is 22.6 Å². The molecule has 1 aromatic heterocycles. The summed E-state index contributed by atoms with van der Waals surface area (Å²) in [6.07, 6.45) is 0.449. The van der Waals surface area contributed by atoms with E-state index >= 15 is 0 Å². The van der Waals surface area contributed by atoms with Crippen LogP contribution in [0.4, 0.5) is 5.69 Å². The smallest absolute Gasteiger partial charge is 0.321 e. The molecule has 0 bridgehead atoms. The SMILES string of the molecule is COc1ccc(C2NC(C(=O)O)Cc3c2[nH]c2ccccc32)cc1CN1CCN(c2ccccc2OC)CC1. The van der Waals surface area contributed by atoms with Crippen molar-refractivity contribution < 1.29 is 19.4 Å². The zero-order valence-corrected chi connectivity index (χ0v) is 22.3. The zero-order chi connectivity index (χ0) is 26.9. The first-order chi connectivity index (χ1) is 19.1. The van der Waals surface area contributed by atoms with Crippen LogP contribution in [-0.4, -0.2) is 67.4 Å². The highest BCUT2D eigenvalue weighted by Crippen LogP contribution is 2.37. The van der Waals surface area contributed by atoms with Crippen LogP contribution in [0.1, 0.15) is 28.4 Å². The molecule has 0 radical (unpaired) electrons. The molecule has 2 atom stereocenters. The van der Waals surface area contributed by atoms with Crippen molar-refractivity contribution in [3.05, 3.63) is 89.1 Å². The predicted molar refractivity (Wildman–Crippen MR) is 152 cm³/mol. The quantitative estimate of drug-likeness (QED) is 0.333. The van der Waals surface area contributed by atoms with E-state index in [4.69, 9.17) is 9.47 Å². The van der Waals surface area contributed by atoms with Crippen molar-refractivity contribution in [2.45, 2.75) is 25.0 Å². The van der Waals surface area contributed by atoms with Gasteiger partial charge in [-0.25, -0.2) is 0 Å². The number of fused-ring (bicyclic) bond motifs is 3. The van der Waals surface area contributed by atoms with E-state index < -0.39 is 12.0 Å². The van der Waals surface area contributed by atoms with Crippen LogP contribution < -0.4 is 19.7 Å². The zero-order valence-electron chi connectivity index (χ0n) is 22.3. The minimum Gasteiger partial charge on any atom is -0.496 e. The summed E-state index contributed by atoms with van der Waals surface area (Å²) in [5.41, 5.74) is 6.39. The fourth-order valence-electron chi connectivity index (χ4n) is 6.04. The van der Waals surface area contributed by atoms with Gasteiger partial charge in [0.2, 0.25) is 0 Å². The molecule has 6 rings (SSSR count). The lowest BCUT2D eigenvalue weighted by atomic mass is 9.89. The van der Waals surface area contributed by atoms with E-state index in [9.17, 15) is 9.90 Å². The van der Waals surface area contributed by atoms with E-state index in [1.807, 2.05) is 48.5 Å². The highest BCUT2D eigenvalue weighted by molar-refractivity contribution is 5.87. The number of aromatic nitrogens is 1. The molecule has 0 spiro atoms. The fourth-order valence-corrected chi connectivity index (χ4v) is 6.04. The summed E-state index contributed by atoms with van der Waals surface area (Å²) >= 11 is 0. The molecule has 8 nitrogen and oxygen atoms in total. The number of nitrogens with one attached hydrogen (secondary N) is 2. The first-order valence-corrected chi connectivity index (χ1v) is 13.4. The molecule has 0 saturated carbocycles. The number of hydrogen-bond acceptors (Lipinski definition) is 6. The number of methoxy groups -OCH3 is 2. The Hall–Kier alpha value is -4.01. The second kappa shape index (κ2) is 10.6. The number of nitrogens with zero attached hydrogens (tertiary/aromatic N) is 2. The highest BCUT2D eigenvalue weighted by Gasteiger charge is 2.34. The molecule has 1 fully saturated rings. The van der Waals surface area contributed by atoms with Crippen molar-refractivity contribution in [3.63, 3.8) is 0 Å². The van der Waals surface area contributed by atoms with Gasteiger partial charge in [0.05, 0.1) is 25.9 Å². The number of aliphatic carboxylic acids is 1. The van der Waals surface area contributed by atoms with Crippen molar-refractivity contribution in [1.82, 2.24) is 15.2 Å². The lowest BCUT2D eigenvalue weighted by Crippen LogP contribution is -2.46. The van der Waals surface area contributed by atoms with Gasteiger partial charge in [0, 0.05) is 61.3 Å². The molecule has 2 aliphatic rings. The van der Waals surface area contributed by atoms with Gasteiger partial charge in [-0.2, -0.15) is 0 Å². The molecule has 202 valence electrons. The van der Waals surface area contributed by atoms with Gasteiger partial charge in [-0.1, -0.05) is 36.4 Å². The lowest BCUT2D eigenvalue weighted by Gasteiger charge is -2.37. The number of H-pyrrole nitrogens is 1. The van der Waals surface area contributed by atoms with Crippen LogP contribution in [0, 0.1) is 0 Å². The van der Waals surface area contributed by atoms with Crippen LogP contribution in [0.15, 0.2) is 66.7 Å². The van der Waals surface area contributed by atoms with Crippen LogP contribution in [-0.2, 0) is 17.8 Å². The molecular formula is C31H34N4O4. The van der Waals surface area contributed by atoms with Crippen molar-refractivity contribution in [2.75, 3.05) is 45.3 Å². The number of ether oxygens (including phenoxy) is 2. The number of benzene rings is 3. The van der Waals surface area contributed by atoms with Gasteiger partial charge < -0.3 is 24.5 Å². The van der Waals surface area contributed by atoms with Crippen LogP contribution >= 0.6 is 0 Å². The molecule has 0 amide bonds. The number of para-hydroxylation sites is 3. The molecule has 2 aliphatic heterocycles. The minimum absolute atomic E-state index is 0.255. The summed E-state index contributed by atoms with van der Waals surface area (Å²) in [6.45, 7) is 4.41. The third kappa shape index (κ3) is 4.82. The van der Waals surface area contributed by atoms with Gasteiger partial charge in [-0.05, 0) is 41.5 Å². The normalized spacial score (nSPS) is 19.6. The standard InChI is InChI=1S/C31H34N4O4/c1-38-27-12-11-20(29-30-23(18-25(33-29)31(36)37)22-7-3-4-8-24(22)32-30)17-21(27)19-34-13-15-35(16-14-34)26-9-5-6-10-28(26)39-2/h3-12,17,25,29,32-33H,13-16,18-19H2,1-2H3,(H,36,37). The summed E-state index contributed by atoms with van der Waals surface area (Å²) in [5.74, 6) is 0.905. The van der Waals surface area contributed by atoms with E-state index in [1.165, 1.54) is 0 Å². The molecule has 3 N–H and O–H groups in total. The van der Waals surface area contributed by atoms with Gasteiger partial charge in [0.25, 0.3) is 0 Å². The molecule has 8 heteroatoms. The third-order valence-electron chi connectivity index (χ3n) is 8.04. The van der Waals surface area contributed by atoms with Gasteiger partial charge in [-0.3, -0.25) is 15.0 Å². The summed E-state index contributed by atoms with van der Waals surface area (Å²) < 4.78 is 11.3. The number of rotatable bonds is 7. The van der Waals surface area contributed by atoms with Crippen molar-refractivity contribution in [3.8, 4) is 11.5 Å². The summed E-state index contributed by atoms with van der Waals surface area (Å²) in [4.78, 5) is 20.5. The molecule has 4 aromatic rings. The largest absolute Gasteiger partial charge is 0.496 e. The topological polar surface area (TPSA) is 90.1 Å². The maximum absolute atomic E-state index is 12.1. The number of carboxylic acids is 1. The first kappa shape index (κ1) is 25.3. The molecule has 3 aromatic carbocycles. The molecule has 2 unspecified atom stereocenters. The minimum atomic E-state index is -0.836. The molecule has 39 heavy (non-hydrogen) atoms. The number of anilines is 1. The van der Waals surface area contributed by atoms with Crippen LogP contribution in [0.5, 0.6) is 11.5 Å². The van der Waals surface area contributed by atoms with Gasteiger partial charge in [0.15, 0.2) is 0 Å². The van der Waals surface area contributed by atoms with Gasteiger partial charge in [-0.15, -0.1) is 0 Å². The van der Waals surface area contributed by atoms with Crippen LogP contribution in [0.25, 0.3) is 10.9 Å². The Bertz CT molecular complexity index is 1490. The monoisotopic (exact) mass is 526 g/mol. The van der Waals surface area contributed by atoms with Crippen molar-refractivity contribution in [2.24, 2.45) is 0 Å². The lowest BCUT2D eigenvalue weighted by molar-refractivity contribution is -0.139. The van der Waals surface area contributed by atoms with Crippen molar-refractivity contribution in [1.29, 1.82) is 0 Å². The highest BCUT2D eigenvalue weighted by atomic mass is 16.5. The Morgan fingerprint density at radius 2 is 1.69 bits per heavy atom. The Labute approximate surface area is 228 Å². The Kier molecular flexibility index (Phi) is 6.89. The van der Waals surface area contributed by atoms with Gasteiger partial charge >= 0.3 is 5.97 Å². The fraction of sp³-hybridized carbons (Fsp3) is 0.323. The maximum atomic E-state index is 12.1. The number of hydrogen-bond donors (Lipinski definition) is 3. The van der Waals surface area contributed by atoms with Gasteiger partial charge in [0.1, 0.15) is 17.5 Å². The first-order valence-electron chi connectivity index (χ1n) is 13.4. The number of piperazine rings is 1. The Morgan fingerprint density at radius 1 is 0.949 bits per heavy atom. The second-order valence-electron chi connectivity index (χ2n) is 10.3. The van der Waals surface area contributed by atoms with E-state index in [0.717, 1.165) is 83.2 Å². The van der Waals surface area contributed by atoms with Crippen LogP contribution in [0.2, 0.25) is 0 Å². The molecule has 1 saturated heterocycles. The average Bonchev–Trinajstić information content (AvgIpc) is 3.36. The Balaban J connectivity index is 1.26. The number of carboxylic acid groups (broad SMARTS) is 1.